The van der Waals surface area contributed by atoms with Gasteiger partial charge in [-0.3, -0.25) is 4.79 Å². The largest absolute Gasteiger partial charge is 0.384 e. The minimum atomic E-state index is -0.246. The Bertz CT molecular complexity index is 953. The molecule has 0 saturated heterocycles. The SMILES string of the molecule is Cc1c(CN(C)C(=O)C=Cc2ccc(N)nc2)sc2ccc(F)cc12.Cl. The summed E-state index contributed by atoms with van der Waals surface area (Å²) in [6.45, 7) is 2.44. The monoisotopic (exact) mass is 391 g/mol. The van der Waals surface area contributed by atoms with Crippen LogP contribution in [0.3, 0.4) is 0 Å². The number of nitrogens with two attached hydrogens (primary N) is 1. The highest BCUT2D eigenvalue weighted by Crippen LogP contribution is 2.32. The van der Waals surface area contributed by atoms with E-state index in [1.807, 2.05) is 6.92 Å². The normalized spacial score (nSPS) is 10.9. The number of likely N-dealkylation sites (N-methyl/N-ethyl adjacent to an activating group) is 1. The predicted octanol–water partition coefficient (Wildman–Crippen LogP) is 4.42. The summed E-state index contributed by atoms with van der Waals surface area (Å²) >= 11 is 1.59. The number of rotatable bonds is 4. The molecule has 7 heteroatoms. The Balaban J connectivity index is 0.00000243. The molecule has 4 nitrogen and oxygen atoms in total. The highest BCUT2D eigenvalue weighted by atomic mass is 35.5. The van der Waals surface area contributed by atoms with Crippen molar-refractivity contribution in [2.45, 2.75) is 13.5 Å². The fourth-order valence-electron chi connectivity index (χ4n) is 2.50. The van der Waals surface area contributed by atoms with Gasteiger partial charge in [0.15, 0.2) is 0 Å². The molecule has 0 bridgehead atoms. The first-order valence-corrected chi connectivity index (χ1v) is 8.58. The maximum Gasteiger partial charge on any atom is 0.246 e. The second-order valence-electron chi connectivity index (χ2n) is 5.83. The molecule has 3 aromatic rings. The molecule has 0 saturated carbocycles. The van der Waals surface area contributed by atoms with Crippen LogP contribution in [0.4, 0.5) is 10.2 Å². The standard InChI is InChI=1S/C19H18FN3OS.ClH/c1-12-15-9-14(20)5-6-16(15)25-17(12)11-23(2)19(24)8-4-13-3-7-18(21)22-10-13;/h3-10H,11H2,1-2H3,(H2,21,22);1H. The number of halogens is 2. The number of hydrogen-bond donors (Lipinski definition) is 1. The minimum Gasteiger partial charge on any atom is -0.384 e. The number of aromatic nitrogens is 1. The van der Waals surface area contributed by atoms with E-state index < -0.39 is 0 Å². The first-order valence-electron chi connectivity index (χ1n) is 7.76. The lowest BCUT2D eigenvalue weighted by Gasteiger charge is -2.14. The first kappa shape index (κ1) is 19.9. The summed E-state index contributed by atoms with van der Waals surface area (Å²) < 4.78 is 14.4. The topological polar surface area (TPSA) is 59.2 Å². The van der Waals surface area contributed by atoms with Gasteiger partial charge in [0.1, 0.15) is 11.6 Å². The number of anilines is 1. The summed E-state index contributed by atoms with van der Waals surface area (Å²) in [6.07, 6.45) is 4.83. The smallest absolute Gasteiger partial charge is 0.246 e. The number of nitrogens with zero attached hydrogens (tertiary/aromatic N) is 2. The number of thiophene rings is 1. The van der Waals surface area contributed by atoms with Gasteiger partial charge in [0.05, 0.1) is 6.54 Å². The lowest BCUT2D eigenvalue weighted by Crippen LogP contribution is -2.23. The first-order chi connectivity index (χ1) is 11.9. The Morgan fingerprint density at radius 1 is 1.35 bits per heavy atom. The Morgan fingerprint density at radius 3 is 2.81 bits per heavy atom. The van der Waals surface area contributed by atoms with Crippen molar-refractivity contribution in [1.29, 1.82) is 0 Å². The summed E-state index contributed by atoms with van der Waals surface area (Å²) in [6, 6.07) is 8.27. The highest BCUT2D eigenvalue weighted by Gasteiger charge is 2.13. The summed E-state index contributed by atoms with van der Waals surface area (Å²) in [5, 5.41) is 0.907. The molecule has 0 aliphatic carbocycles. The van der Waals surface area contributed by atoms with E-state index in [9.17, 15) is 9.18 Å². The van der Waals surface area contributed by atoms with Gasteiger partial charge in [-0.05, 0) is 59.8 Å². The van der Waals surface area contributed by atoms with Crippen molar-refractivity contribution < 1.29 is 9.18 Å². The summed E-state index contributed by atoms with van der Waals surface area (Å²) in [5.41, 5.74) is 7.37. The maximum atomic E-state index is 13.4. The van der Waals surface area contributed by atoms with Crippen LogP contribution >= 0.6 is 23.7 Å². The Morgan fingerprint density at radius 2 is 2.12 bits per heavy atom. The van der Waals surface area contributed by atoms with Crippen LogP contribution in [0.25, 0.3) is 16.2 Å². The number of fused-ring (bicyclic) bond motifs is 1. The molecule has 1 aromatic carbocycles. The van der Waals surface area contributed by atoms with Crippen LogP contribution in [0.15, 0.2) is 42.6 Å². The molecule has 136 valence electrons. The van der Waals surface area contributed by atoms with Crippen molar-refractivity contribution in [2.75, 3.05) is 12.8 Å². The van der Waals surface area contributed by atoms with Crippen molar-refractivity contribution in [1.82, 2.24) is 9.88 Å². The van der Waals surface area contributed by atoms with E-state index in [0.29, 0.717) is 12.4 Å². The Kier molecular flexibility index (Phi) is 6.34. The fraction of sp³-hybridized carbons (Fsp3) is 0.158. The molecular weight excluding hydrogens is 373 g/mol. The molecule has 26 heavy (non-hydrogen) atoms. The summed E-state index contributed by atoms with van der Waals surface area (Å²) in [5.74, 6) is 0.0848. The lowest BCUT2D eigenvalue weighted by molar-refractivity contribution is -0.125. The van der Waals surface area contributed by atoms with Gasteiger partial charge in [-0.1, -0.05) is 0 Å². The number of nitrogen functional groups attached to an aromatic ring is 1. The zero-order valence-electron chi connectivity index (χ0n) is 14.4. The molecule has 0 spiro atoms. The second-order valence-corrected chi connectivity index (χ2v) is 6.97. The third-order valence-electron chi connectivity index (χ3n) is 3.98. The van der Waals surface area contributed by atoms with Crippen molar-refractivity contribution in [3.63, 3.8) is 0 Å². The molecule has 0 aliphatic heterocycles. The number of benzene rings is 1. The minimum absolute atomic E-state index is 0. The molecule has 2 heterocycles. The third kappa shape index (κ3) is 4.39. The quantitative estimate of drug-likeness (QED) is 0.670. The van der Waals surface area contributed by atoms with Crippen LogP contribution in [0, 0.1) is 12.7 Å². The number of pyridine rings is 1. The molecule has 0 atom stereocenters. The molecule has 0 fully saturated rings. The highest BCUT2D eigenvalue weighted by molar-refractivity contribution is 7.19. The van der Waals surface area contributed by atoms with Crippen molar-refractivity contribution in [3.8, 4) is 0 Å². The van der Waals surface area contributed by atoms with Gasteiger partial charge in [0.2, 0.25) is 5.91 Å². The molecule has 1 amide bonds. The third-order valence-corrected chi connectivity index (χ3v) is 5.24. The van der Waals surface area contributed by atoms with Gasteiger partial charge in [-0.15, -0.1) is 23.7 Å². The van der Waals surface area contributed by atoms with Gasteiger partial charge < -0.3 is 10.6 Å². The van der Waals surface area contributed by atoms with Gasteiger partial charge in [-0.25, -0.2) is 9.37 Å². The van der Waals surface area contributed by atoms with Crippen LogP contribution in [-0.4, -0.2) is 22.8 Å². The van der Waals surface area contributed by atoms with Crippen LogP contribution < -0.4 is 5.73 Å². The molecule has 0 radical (unpaired) electrons. The van der Waals surface area contributed by atoms with Gasteiger partial charge >= 0.3 is 0 Å². The Labute approximate surface area is 161 Å². The molecule has 2 aromatic heterocycles. The van der Waals surface area contributed by atoms with E-state index in [0.717, 1.165) is 26.1 Å². The zero-order chi connectivity index (χ0) is 18.0. The molecule has 0 unspecified atom stereocenters. The number of carbonyl (C=O) groups is 1. The average molecular weight is 392 g/mol. The molecule has 0 aliphatic rings. The molecule has 3 rings (SSSR count). The fourth-order valence-corrected chi connectivity index (χ4v) is 3.74. The molecule has 2 N–H and O–H groups in total. The summed E-state index contributed by atoms with van der Waals surface area (Å²) in [4.78, 5) is 19.0. The van der Waals surface area contributed by atoms with Crippen LogP contribution in [0.5, 0.6) is 0 Å². The van der Waals surface area contributed by atoms with E-state index in [2.05, 4.69) is 4.98 Å². The van der Waals surface area contributed by atoms with E-state index >= 15 is 0 Å². The predicted molar refractivity (Wildman–Crippen MR) is 108 cm³/mol. The number of hydrogen-bond acceptors (Lipinski definition) is 4. The number of aryl methyl sites for hydroxylation is 1. The Hall–Kier alpha value is -2.44. The van der Waals surface area contributed by atoms with E-state index in [4.69, 9.17) is 5.73 Å². The van der Waals surface area contributed by atoms with E-state index in [1.54, 1.807) is 59.8 Å². The van der Waals surface area contributed by atoms with Crippen LogP contribution in [0.1, 0.15) is 16.0 Å². The molecular formula is C19H19ClFN3OS. The van der Waals surface area contributed by atoms with Crippen molar-refractivity contribution >= 4 is 51.6 Å². The average Bonchev–Trinajstić information content (AvgIpc) is 2.90. The van der Waals surface area contributed by atoms with Crippen molar-refractivity contribution in [3.05, 3.63) is 64.4 Å². The van der Waals surface area contributed by atoms with Crippen molar-refractivity contribution in [2.24, 2.45) is 0 Å². The maximum absolute atomic E-state index is 13.4. The second kappa shape index (κ2) is 8.29. The number of carbonyl (C=O) groups excluding carboxylic acids is 1. The van der Waals surface area contributed by atoms with Crippen LogP contribution in [-0.2, 0) is 11.3 Å². The number of amides is 1. The van der Waals surface area contributed by atoms with E-state index in [-0.39, 0.29) is 24.1 Å². The lowest BCUT2D eigenvalue weighted by atomic mass is 10.1. The van der Waals surface area contributed by atoms with Gasteiger partial charge in [-0.2, -0.15) is 0 Å². The van der Waals surface area contributed by atoms with Crippen LogP contribution in [0.2, 0.25) is 0 Å². The van der Waals surface area contributed by atoms with Gasteiger partial charge in [0.25, 0.3) is 0 Å². The zero-order valence-corrected chi connectivity index (χ0v) is 16.0. The summed E-state index contributed by atoms with van der Waals surface area (Å²) in [7, 11) is 1.75. The van der Waals surface area contributed by atoms with Gasteiger partial charge in [0, 0.05) is 28.9 Å². The van der Waals surface area contributed by atoms with E-state index in [1.165, 1.54) is 12.1 Å².